The fourth-order valence-electron chi connectivity index (χ4n) is 4.67. The number of aromatic nitrogens is 5. The molecule has 1 amide bonds. The van der Waals surface area contributed by atoms with E-state index >= 15 is 0 Å². The highest BCUT2D eigenvalue weighted by Gasteiger charge is 2.32. The summed E-state index contributed by atoms with van der Waals surface area (Å²) in [5.41, 5.74) is 2.37. The lowest BCUT2D eigenvalue weighted by Gasteiger charge is -2.40. The van der Waals surface area contributed by atoms with Gasteiger partial charge in [-0.3, -0.25) is 4.79 Å². The number of amides is 1. The lowest BCUT2D eigenvalue weighted by molar-refractivity contribution is -0.136. The van der Waals surface area contributed by atoms with Gasteiger partial charge in [0.1, 0.15) is 12.7 Å². The van der Waals surface area contributed by atoms with Gasteiger partial charge in [-0.1, -0.05) is 17.7 Å². The second-order valence-electron chi connectivity index (χ2n) is 8.62. The first kappa shape index (κ1) is 21.6. The van der Waals surface area contributed by atoms with Gasteiger partial charge in [0.25, 0.3) is 0 Å². The van der Waals surface area contributed by atoms with Gasteiger partial charge in [-0.25, -0.2) is 9.67 Å². The Hall–Kier alpha value is -3.20. The number of halogens is 1. The molecule has 2 aromatic heterocycles. The van der Waals surface area contributed by atoms with Crippen LogP contribution in [0.5, 0.6) is 0 Å². The second kappa shape index (κ2) is 9.35. The summed E-state index contributed by atoms with van der Waals surface area (Å²) in [6.45, 7) is 6.74. The molecule has 2 saturated heterocycles. The summed E-state index contributed by atoms with van der Waals surface area (Å²) < 4.78 is 1.57. The largest absolute Gasteiger partial charge is 0.368 e. The van der Waals surface area contributed by atoms with Crippen molar-refractivity contribution in [3.05, 3.63) is 53.6 Å². The second-order valence-corrected chi connectivity index (χ2v) is 9.05. The Labute approximate surface area is 198 Å². The van der Waals surface area contributed by atoms with E-state index in [0.29, 0.717) is 12.4 Å². The molecule has 0 radical (unpaired) electrons. The molecule has 1 aromatic carbocycles. The van der Waals surface area contributed by atoms with E-state index in [1.165, 1.54) is 11.9 Å². The van der Waals surface area contributed by atoms with E-state index in [9.17, 15) is 4.79 Å². The summed E-state index contributed by atoms with van der Waals surface area (Å²) >= 11 is 6.20. The predicted molar refractivity (Wildman–Crippen MR) is 127 cm³/mol. The quantitative estimate of drug-likeness (QED) is 0.584. The minimum Gasteiger partial charge on any atom is -0.368 e. The first-order chi connectivity index (χ1) is 16.1. The van der Waals surface area contributed by atoms with E-state index in [1.807, 2.05) is 35.2 Å². The van der Waals surface area contributed by atoms with Crippen molar-refractivity contribution in [3.63, 3.8) is 0 Å². The summed E-state index contributed by atoms with van der Waals surface area (Å²) in [5.74, 6) is 1.63. The SMILES string of the molecule is Cc1ccc(Cl)cc1N1CCN(C(=O)C2CCCN(c3ccc(-n4cncn4)nn3)C2)CC1. The number of nitrogens with zero attached hydrogens (tertiary/aromatic N) is 8. The molecule has 10 heteroatoms. The van der Waals surface area contributed by atoms with E-state index in [0.717, 1.165) is 62.1 Å². The third kappa shape index (κ3) is 4.64. The van der Waals surface area contributed by atoms with Gasteiger partial charge >= 0.3 is 0 Å². The zero-order chi connectivity index (χ0) is 22.8. The number of hydrogen-bond acceptors (Lipinski definition) is 7. The van der Waals surface area contributed by atoms with Crippen LogP contribution in [0.3, 0.4) is 0 Å². The highest BCUT2D eigenvalue weighted by Crippen LogP contribution is 2.27. The van der Waals surface area contributed by atoms with Crippen molar-refractivity contribution < 1.29 is 4.79 Å². The van der Waals surface area contributed by atoms with Crippen LogP contribution in [0.15, 0.2) is 43.0 Å². The molecule has 2 aliphatic heterocycles. The average Bonchev–Trinajstić information content (AvgIpc) is 3.41. The van der Waals surface area contributed by atoms with Gasteiger partial charge < -0.3 is 14.7 Å². The Morgan fingerprint density at radius 2 is 1.79 bits per heavy atom. The minimum atomic E-state index is -0.0185. The average molecular weight is 467 g/mol. The van der Waals surface area contributed by atoms with Gasteiger partial charge in [0, 0.05) is 50.0 Å². The molecule has 3 aromatic rings. The van der Waals surface area contributed by atoms with Crippen molar-refractivity contribution >= 4 is 29.0 Å². The van der Waals surface area contributed by atoms with E-state index in [1.54, 1.807) is 11.0 Å². The molecular formula is C23H27ClN8O. The topological polar surface area (TPSA) is 83.3 Å². The molecule has 0 aliphatic carbocycles. The first-order valence-corrected chi connectivity index (χ1v) is 11.7. The minimum absolute atomic E-state index is 0.0185. The molecule has 1 atom stereocenters. The Morgan fingerprint density at radius 3 is 2.52 bits per heavy atom. The van der Waals surface area contributed by atoms with Crippen LogP contribution in [0.25, 0.3) is 5.82 Å². The van der Waals surface area contributed by atoms with Gasteiger partial charge in [-0.15, -0.1) is 10.2 Å². The number of rotatable bonds is 4. The Kier molecular flexibility index (Phi) is 6.13. The zero-order valence-electron chi connectivity index (χ0n) is 18.6. The molecule has 2 aliphatic rings. The zero-order valence-corrected chi connectivity index (χ0v) is 19.4. The maximum atomic E-state index is 13.3. The van der Waals surface area contributed by atoms with Crippen LogP contribution in [-0.2, 0) is 4.79 Å². The van der Waals surface area contributed by atoms with E-state index in [2.05, 4.69) is 37.0 Å². The smallest absolute Gasteiger partial charge is 0.227 e. The molecule has 33 heavy (non-hydrogen) atoms. The summed E-state index contributed by atoms with van der Waals surface area (Å²) in [5, 5.41) is 13.5. The van der Waals surface area contributed by atoms with Gasteiger partial charge in [0.15, 0.2) is 11.6 Å². The van der Waals surface area contributed by atoms with E-state index in [-0.39, 0.29) is 11.8 Å². The standard InChI is InChI=1S/C23H27ClN8O/c1-17-4-5-19(24)13-20(17)29-9-11-30(12-10-29)23(33)18-3-2-8-31(14-18)21-6-7-22(28-27-21)32-16-25-15-26-32/h4-7,13,15-16,18H,2-3,8-12,14H2,1H3. The summed E-state index contributed by atoms with van der Waals surface area (Å²) in [7, 11) is 0. The van der Waals surface area contributed by atoms with E-state index < -0.39 is 0 Å². The summed E-state index contributed by atoms with van der Waals surface area (Å²) in [6, 6.07) is 9.79. The highest BCUT2D eigenvalue weighted by molar-refractivity contribution is 6.30. The van der Waals surface area contributed by atoms with Gasteiger partial charge in [0.05, 0.1) is 5.92 Å². The van der Waals surface area contributed by atoms with Crippen LogP contribution in [-0.4, -0.2) is 75.0 Å². The molecule has 1 unspecified atom stereocenters. The number of aryl methyl sites for hydroxylation is 1. The van der Waals surface area contributed by atoms with Gasteiger partial charge in [0.2, 0.25) is 5.91 Å². The third-order valence-electron chi connectivity index (χ3n) is 6.49. The molecule has 0 bridgehead atoms. The Balaban J connectivity index is 1.19. The Morgan fingerprint density at radius 1 is 1.00 bits per heavy atom. The lowest BCUT2D eigenvalue weighted by atomic mass is 9.96. The number of anilines is 2. The summed E-state index contributed by atoms with van der Waals surface area (Å²) in [6.07, 6.45) is 4.93. The number of hydrogen-bond donors (Lipinski definition) is 0. The number of benzene rings is 1. The predicted octanol–water partition coefficient (Wildman–Crippen LogP) is 2.58. The van der Waals surface area contributed by atoms with Gasteiger partial charge in [-0.2, -0.15) is 5.10 Å². The van der Waals surface area contributed by atoms with Gasteiger partial charge in [-0.05, 0) is 49.6 Å². The maximum Gasteiger partial charge on any atom is 0.227 e. The molecule has 9 nitrogen and oxygen atoms in total. The van der Waals surface area contributed by atoms with Crippen LogP contribution in [0.2, 0.25) is 5.02 Å². The maximum absolute atomic E-state index is 13.3. The van der Waals surface area contributed by atoms with E-state index in [4.69, 9.17) is 11.6 Å². The van der Waals surface area contributed by atoms with Crippen molar-refractivity contribution in [2.24, 2.45) is 5.92 Å². The Bertz CT molecular complexity index is 1100. The van der Waals surface area contributed by atoms with Crippen LogP contribution >= 0.6 is 11.6 Å². The van der Waals surface area contributed by atoms with Crippen molar-refractivity contribution in [3.8, 4) is 5.82 Å². The molecule has 0 spiro atoms. The molecule has 0 N–H and O–H groups in total. The van der Waals surface area contributed by atoms with Crippen molar-refractivity contribution in [1.82, 2.24) is 29.9 Å². The van der Waals surface area contributed by atoms with Crippen molar-refractivity contribution in [2.45, 2.75) is 19.8 Å². The highest BCUT2D eigenvalue weighted by atomic mass is 35.5. The van der Waals surface area contributed by atoms with Crippen molar-refractivity contribution in [2.75, 3.05) is 49.1 Å². The molecule has 4 heterocycles. The fourth-order valence-corrected chi connectivity index (χ4v) is 4.84. The molecule has 2 fully saturated rings. The van der Waals surface area contributed by atoms with Crippen LogP contribution in [0.1, 0.15) is 18.4 Å². The molecular weight excluding hydrogens is 440 g/mol. The normalized spacial score (nSPS) is 19.1. The molecule has 5 rings (SSSR count). The molecule has 0 saturated carbocycles. The fraction of sp³-hybridized carbons (Fsp3) is 0.435. The van der Waals surface area contributed by atoms with Crippen LogP contribution in [0, 0.1) is 12.8 Å². The third-order valence-corrected chi connectivity index (χ3v) is 6.72. The first-order valence-electron chi connectivity index (χ1n) is 11.3. The number of piperidine rings is 1. The number of piperazine rings is 1. The summed E-state index contributed by atoms with van der Waals surface area (Å²) in [4.78, 5) is 23.8. The lowest BCUT2D eigenvalue weighted by Crippen LogP contribution is -2.52. The van der Waals surface area contributed by atoms with Crippen LogP contribution < -0.4 is 9.80 Å². The van der Waals surface area contributed by atoms with Crippen molar-refractivity contribution in [1.29, 1.82) is 0 Å². The monoisotopic (exact) mass is 466 g/mol. The number of carbonyl (C=O) groups excluding carboxylic acids is 1. The van der Waals surface area contributed by atoms with Crippen LogP contribution in [0.4, 0.5) is 11.5 Å². The molecule has 172 valence electrons. The number of carbonyl (C=O) groups is 1.